The first kappa shape index (κ1) is 16.0. The molecule has 2 amide bonds. The minimum Gasteiger partial charge on any atom is -0.342 e. The Hall–Kier alpha value is -1.84. The van der Waals surface area contributed by atoms with Crippen LogP contribution in [0, 0.1) is 25.7 Å². The molecule has 1 saturated carbocycles. The molecular formula is C19H26N2O2. The molecule has 1 heterocycles. The quantitative estimate of drug-likeness (QED) is 0.931. The number of rotatable bonds is 3. The smallest absolute Gasteiger partial charge is 0.228 e. The molecule has 1 aromatic rings. The molecule has 4 heteroatoms. The Morgan fingerprint density at radius 1 is 1.04 bits per heavy atom. The number of likely N-dealkylation sites (tertiary alicyclic amines) is 1. The lowest BCUT2D eigenvalue weighted by atomic mass is 10.1. The second-order valence-corrected chi connectivity index (χ2v) is 6.92. The van der Waals surface area contributed by atoms with Gasteiger partial charge in [-0.25, -0.2) is 0 Å². The van der Waals surface area contributed by atoms with Crippen molar-refractivity contribution in [2.24, 2.45) is 11.8 Å². The molecular weight excluding hydrogens is 288 g/mol. The maximum atomic E-state index is 12.5. The van der Waals surface area contributed by atoms with Crippen molar-refractivity contribution in [1.29, 1.82) is 0 Å². The molecule has 1 aliphatic carbocycles. The van der Waals surface area contributed by atoms with Crippen molar-refractivity contribution in [1.82, 2.24) is 4.90 Å². The number of aryl methyl sites for hydroxylation is 1. The number of nitrogens with zero attached hydrogens (tertiary/aromatic N) is 1. The molecule has 124 valence electrons. The highest BCUT2D eigenvalue weighted by Crippen LogP contribution is 2.41. The lowest BCUT2D eigenvalue weighted by molar-refractivity contribution is -0.134. The van der Waals surface area contributed by atoms with E-state index in [4.69, 9.17) is 0 Å². The van der Waals surface area contributed by atoms with Gasteiger partial charge >= 0.3 is 0 Å². The molecule has 3 rings (SSSR count). The normalized spacial score (nSPS) is 24.0. The summed E-state index contributed by atoms with van der Waals surface area (Å²) < 4.78 is 0. The van der Waals surface area contributed by atoms with E-state index in [0.717, 1.165) is 42.7 Å². The average molecular weight is 314 g/mol. The molecule has 0 bridgehead atoms. The summed E-state index contributed by atoms with van der Waals surface area (Å²) in [7, 11) is 0. The first-order valence-corrected chi connectivity index (χ1v) is 8.74. The van der Waals surface area contributed by atoms with Crippen LogP contribution >= 0.6 is 0 Å². The third-order valence-corrected chi connectivity index (χ3v) is 5.22. The molecule has 0 spiro atoms. The Morgan fingerprint density at radius 3 is 2.43 bits per heavy atom. The number of carbonyl (C=O) groups is 2. The van der Waals surface area contributed by atoms with Crippen LogP contribution in [-0.4, -0.2) is 29.8 Å². The maximum absolute atomic E-state index is 12.5. The molecule has 2 fully saturated rings. The minimum absolute atomic E-state index is 0.00753. The van der Waals surface area contributed by atoms with Crippen molar-refractivity contribution in [2.45, 2.75) is 46.0 Å². The van der Waals surface area contributed by atoms with Gasteiger partial charge in [0.1, 0.15) is 0 Å². The van der Waals surface area contributed by atoms with Crippen LogP contribution in [0.25, 0.3) is 0 Å². The van der Waals surface area contributed by atoms with Gasteiger partial charge in [0.05, 0.1) is 11.8 Å². The van der Waals surface area contributed by atoms with Crippen molar-refractivity contribution < 1.29 is 9.59 Å². The van der Waals surface area contributed by atoms with Gasteiger partial charge in [0, 0.05) is 18.8 Å². The first-order valence-electron chi connectivity index (χ1n) is 8.74. The zero-order valence-corrected chi connectivity index (χ0v) is 14.1. The molecule has 23 heavy (non-hydrogen) atoms. The fourth-order valence-electron chi connectivity index (χ4n) is 3.40. The van der Waals surface area contributed by atoms with Gasteiger partial charge in [-0.1, -0.05) is 25.0 Å². The van der Waals surface area contributed by atoms with Gasteiger partial charge in [0.15, 0.2) is 0 Å². The van der Waals surface area contributed by atoms with Crippen LogP contribution in [-0.2, 0) is 9.59 Å². The third kappa shape index (κ3) is 3.57. The van der Waals surface area contributed by atoms with Crippen LogP contribution in [0.1, 0.15) is 43.2 Å². The Kier molecular flexibility index (Phi) is 4.69. The topological polar surface area (TPSA) is 49.4 Å². The molecule has 1 aliphatic heterocycles. The Morgan fingerprint density at radius 2 is 1.74 bits per heavy atom. The van der Waals surface area contributed by atoms with E-state index in [1.54, 1.807) is 0 Å². The standard InChI is InChI=1S/C19H26N2O2/c1-13-8-7-9-17(14(13)2)20-18(22)15-12-16(15)19(23)21-10-5-3-4-6-11-21/h7-9,15-16H,3-6,10-12H2,1-2H3,(H,20,22). The van der Waals surface area contributed by atoms with E-state index in [9.17, 15) is 9.59 Å². The van der Waals surface area contributed by atoms with Crippen LogP contribution in [0.15, 0.2) is 18.2 Å². The number of nitrogens with one attached hydrogen (secondary N) is 1. The van der Waals surface area contributed by atoms with Gasteiger partial charge < -0.3 is 10.2 Å². The van der Waals surface area contributed by atoms with Crippen molar-refractivity contribution in [3.8, 4) is 0 Å². The number of carbonyl (C=O) groups excluding carboxylic acids is 2. The Labute approximate surface area is 138 Å². The predicted molar refractivity (Wildman–Crippen MR) is 91.2 cm³/mol. The fourth-order valence-corrected chi connectivity index (χ4v) is 3.40. The van der Waals surface area contributed by atoms with Crippen LogP contribution in [0.3, 0.4) is 0 Å². The average Bonchev–Trinajstić information content (AvgIpc) is 3.34. The number of hydrogen-bond donors (Lipinski definition) is 1. The summed E-state index contributed by atoms with van der Waals surface area (Å²) >= 11 is 0. The van der Waals surface area contributed by atoms with Crippen LogP contribution in [0.4, 0.5) is 5.69 Å². The third-order valence-electron chi connectivity index (χ3n) is 5.22. The van der Waals surface area contributed by atoms with Crippen LogP contribution in [0.2, 0.25) is 0 Å². The van der Waals surface area contributed by atoms with Gasteiger partial charge in [0.2, 0.25) is 11.8 Å². The summed E-state index contributed by atoms with van der Waals surface area (Å²) in [6.45, 7) is 5.77. The number of hydrogen-bond acceptors (Lipinski definition) is 2. The highest BCUT2D eigenvalue weighted by Gasteiger charge is 2.49. The van der Waals surface area contributed by atoms with Crippen LogP contribution < -0.4 is 5.32 Å². The van der Waals surface area contributed by atoms with E-state index in [0.29, 0.717) is 6.42 Å². The number of amides is 2. The molecule has 4 nitrogen and oxygen atoms in total. The minimum atomic E-state index is -0.148. The van der Waals surface area contributed by atoms with Gasteiger partial charge in [-0.2, -0.15) is 0 Å². The summed E-state index contributed by atoms with van der Waals surface area (Å²) in [5, 5.41) is 3.00. The monoisotopic (exact) mass is 314 g/mol. The molecule has 1 saturated heterocycles. The molecule has 0 aromatic heterocycles. The van der Waals surface area contributed by atoms with Crippen molar-refractivity contribution in [3.63, 3.8) is 0 Å². The van der Waals surface area contributed by atoms with Gasteiger partial charge in [-0.05, 0) is 50.3 Å². The summed E-state index contributed by atoms with van der Waals surface area (Å²) in [5.41, 5.74) is 3.12. The van der Waals surface area contributed by atoms with Gasteiger partial charge in [0.25, 0.3) is 0 Å². The zero-order valence-electron chi connectivity index (χ0n) is 14.1. The van der Waals surface area contributed by atoms with Crippen molar-refractivity contribution in [2.75, 3.05) is 18.4 Å². The Bertz CT molecular complexity index is 603. The lowest BCUT2D eigenvalue weighted by Crippen LogP contribution is -2.34. The van der Waals surface area contributed by atoms with Gasteiger partial charge in [-0.15, -0.1) is 0 Å². The van der Waals surface area contributed by atoms with E-state index in [2.05, 4.69) is 5.32 Å². The highest BCUT2D eigenvalue weighted by atomic mass is 16.2. The summed E-state index contributed by atoms with van der Waals surface area (Å²) in [6, 6.07) is 5.91. The second kappa shape index (κ2) is 6.73. The second-order valence-electron chi connectivity index (χ2n) is 6.92. The van der Waals surface area contributed by atoms with E-state index < -0.39 is 0 Å². The largest absolute Gasteiger partial charge is 0.342 e. The van der Waals surface area contributed by atoms with Crippen molar-refractivity contribution in [3.05, 3.63) is 29.3 Å². The Balaban J connectivity index is 1.58. The van der Waals surface area contributed by atoms with E-state index in [1.165, 1.54) is 12.8 Å². The van der Waals surface area contributed by atoms with Gasteiger partial charge in [-0.3, -0.25) is 9.59 Å². The summed E-state index contributed by atoms with van der Waals surface area (Å²) in [4.78, 5) is 26.9. The highest BCUT2D eigenvalue weighted by molar-refractivity contribution is 6.00. The molecule has 0 radical (unpaired) electrons. The summed E-state index contributed by atoms with van der Waals surface area (Å²) in [6.07, 6.45) is 5.32. The van der Waals surface area contributed by atoms with E-state index in [1.807, 2.05) is 36.9 Å². The zero-order chi connectivity index (χ0) is 16.4. The van der Waals surface area contributed by atoms with E-state index >= 15 is 0 Å². The lowest BCUT2D eigenvalue weighted by Gasteiger charge is -2.20. The summed E-state index contributed by atoms with van der Waals surface area (Å²) in [5.74, 6) is -0.0660. The van der Waals surface area contributed by atoms with Crippen LogP contribution in [0.5, 0.6) is 0 Å². The molecule has 1 aromatic carbocycles. The molecule has 2 unspecified atom stereocenters. The van der Waals surface area contributed by atoms with Crippen molar-refractivity contribution >= 4 is 17.5 Å². The fraction of sp³-hybridized carbons (Fsp3) is 0.579. The molecule has 1 N–H and O–H groups in total. The molecule has 2 atom stereocenters. The SMILES string of the molecule is Cc1cccc(NC(=O)C2CC2C(=O)N2CCCCCC2)c1C. The maximum Gasteiger partial charge on any atom is 0.228 e. The number of anilines is 1. The predicted octanol–water partition coefficient (Wildman–Crippen LogP) is 3.28. The van der Waals surface area contributed by atoms with E-state index in [-0.39, 0.29) is 23.7 Å². The number of benzene rings is 1. The first-order chi connectivity index (χ1) is 11.1. The molecule has 2 aliphatic rings.